The van der Waals surface area contributed by atoms with Crippen LogP contribution >= 0.6 is 0 Å². The Balaban J connectivity index is 2.45. The van der Waals surface area contributed by atoms with Gasteiger partial charge in [-0.25, -0.2) is 0 Å². The number of likely N-dealkylation sites (N-methyl/N-ethyl adjacent to an activating group) is 1. The number of aliphatic carboxylic acids is 1. The van der Waals surface area contributed by atoms with Crippen LogP contribution in [-0.4, -0.2) is 72.2 Å². The fraction of sp³-hybridized carbons (Fsp3) is 0.929. The minimum Gasteiger partial charge on any atom is -0.480 e. The van der Waals surface area contributed by atoms with Crippen LogP contribution in [0.4, 0.5) is 0 Å². The average Bonchev–Trinajstić information content (AvgIpc) is 2.31. The lowest BCUT2D eigenvalue weighted by Crippen LogP contribution is -2.59. The van der Waals surface area contributed by atoms with Gasteiger partial charge >= 0.3 is 5.97 Å². The second kappa shape index (κ2) is 7.22. The van der Waals surface area contributed by atoms with Crippen molar-refractivity contribution in [3.05, 3.63) is 0 Å². The minimum absolute atomic E-state index is 0.575. The SMILES string of the molecule is CCNC(C)(CN1CCN(CC(C)C)CC1)C(=O)O. The largest absolute Gasteiger partial charge is 0.480 e. The zero-order chi connectivity index (χ0) is 14.5. The van der Waals surface area contributed by atoms with Crippen molar-refractivity contribution in [2.75, 3.05) is 45.8 Å². The summed E-state index contributed by atoms with van der Waals surface area (Å²) in [5, 5.41) is 12.5. The number of piperazine rings is 1. The molecular weight excluding hydrogens is 242 g/mol. The molecule has 0 aromatic carbocycles. The molecule has 0 amide bonds. The maximum atomic E-state index is 11.4. The molecule has 112 valence electrons. The molecule has 1 heterocycles. The molecule has 0 bridgehead atoms. The van der Waals surface area contributed by atoms with E-state index in [0.717, 1.165) is 32.7 Å². The van der Waals surface area contributed by atoms with E-state index in [1.165, 1.54) is 0 Å². The maximum absolute atomic E-state index is 11.4. The second-order valence-electron chi connectivity index (χ2n) is 6.14. The Morgan fingerprint density at radius 2 is 1.79 bits per heavy atom. The van der Waals surface area contributed by atoms with Gasteiger partial charge in [-0.2, -0.15) is 0 Å². The van der Waals surface area contributed by atoms with Crippen LogP contribution in [0.3, 0.4) is 0 Å². The lowest BCUT2D eigenvalue weighted by molar-refractivity contribution is -0.145. The van der Waals surface area contributed by atoms with Crippen LogP contribution in [0.1, 0.15) is 27.7 Å². The predicted molar refractivity (Wildman–Crippen MR) is 77.4 cm³/mol. The van der Waals surface area contributed by atoms with Crippen molar-refractivity contribution in [3.8, 4) is 0 Å². The van der Waals surface area contributed by atoms with E-state index in [9.17, 15) is 9.90 Å². The van der Waals surface area contributed by atoms with Crippen molar-refractivity contribution in [2.24, 2.45) is 5.92 Å². The van der Waals surface area contributed by atoms with Gasteiger partial charge in [0.25, 0.3) is 0 Å². The molecule has 0 aromatic heterocycles. The molecule has 0 saturated carbocycles. The van der Waals surface area contributed by atoms with Gasteiger partial charge in [0.15, 0.2) is 0 Å². The molecule has 1 fully saturated rings. The molecule has 0 spiro atoms. The topological polar surface area (TPSA) is 55.8 Å². The average molecular weight is 271 g/mol. The Bertz CT molecular complexity index is 288. The molecule has 1 atom stereocenters. The summed E-state index contributed by atoms with van der Waals surface area (Å²) in [6.45, 7) is 14.6. The van der Waals surface area contributed by atoms with E-state index in [1.54, 1.807) is 6.92 Å². The molecule has 0 aromatic rings. The number of nitrogens with one attached hydrogen (secondary N) is 1. The molecular formula is C14H29N3O2. The summed E-state index contributed by atoms with van der Waals surface area (Å²) in [5.74, 6) is -0.0726. The van der Waals surface area contributed by atoms with Gasteiger partial charge in [-0.15, -0.1) is 0 Å². The van der Waals surface area contributed by atoms with Gasteiger partial charge in [0.1, 0.15) is 5.54 Å². The Morgan fingerprint density at radius 3 is 2.21 bits per heavy atom. The van der Waals surface area contributed by atoms with Crippen LogP contribution in [0.5, 0.6) is 0 Å². The number of hydrogen-bond acceptors (Lipinski definition) is 4. The number of nitrogens with zero attached hydrogens (tertiary/aromatic N) is 2. The summed E-state index contributed by atoms with van der Waals surface area (Å²) < 4.78 is 0. The molecule has 1 rings (SSSR count). The molecule has 1 aliphatic rings. The molecule has 0 aliphatic carbocycles. The summed E-state index contributed by atoms with van der Waals surface area (Å²) in [5.41, 5.74) is -0.838. The molecule has 5 heteroatoms. The van der Waals surface area contributed by atoms with Gasteiger partial charge in [0.2, 0.25) is 0 Å². The Kier molecular flexibility index (Phi) is 6.23. The third-order valence-electron chi connectivity index (χ3n) is 3.67. The Morgan fingerprint density at radius 1 is 1.26 bits per heavy atom. The van der Waals surface area contributed by atoms with E-state index in [4.69, 9.17) is 0 Å². The Labute approximate surface area is 117 Å². The van der Waals surface area contributed by atoms with E-state index < -0.39 is 11.5 Å². The van der Waals surface area contributed by atoms with Crippen molar-refractivity contribution in [2.45, 2.75) is 33.2 Å². The summed E-state index contributed by atoms with van der Waals surface area (Å²) >= 11 is 0. The number of carboxylic acids is 1. The molecule has 5 nitrogen and oxygen atoms in total. The van der Waals surface area contributed by atoms with Crippen LogP contribution in [-0.2, 0) is 4.79 Å². The first-order chi connectivity index (χ1) is 8.87. The summed E-state index contributed by atoms with van der Waals surface area (Å²) in [7, 11) is 0. The normalized spacial score (nSPS) is 21.5. The summed E-state index contributed by atoms with van der Waals surface area (Å²) in [4.78, 5) is 16.1. The van der Waals surface area contributed by atoms with Crippen LogP contribution in [0.2, 0.25) is 0 Å². The van der Waals surface area contributed by atoms with E-state index in [2.05, 4.69) is 29.0 Å². The lowest BCUT2D eigenvalue weighted by Gasteiger charge is -2.39. The predicted octanol–water partition coefficient (Wildman–Crippen LogP) is 0.713. The van der Waals surface area contributed by atoms with Crippen LogP contribution in [0, 0.1) is 5.92 Å². The van der Waals surface area contributed by atoms with Crippen molar-refractivity contribution in [1.82, 2.24) is 15.1 Å². The summed E-state index contributed by atoms with van der Waals surface area (Å²) in [6, 6.07) is 0. The smallest absolute Gasteiger partial charge is 0.324 e. The molecule has 0 radical (unpaired) electrons. The zero-order valence-electron chi connectivity index (χ0n) is 12.8. The van der Waals surface area contributed by atoms with Gasteiger partial charge < -0.3 is 15.3 Å². The van der Waals surface area contributed by atoms with E-state index in [1.807, 2.05) is 6.92 Å². The van der Waals surface area contributed by atoms with Crippen LogP contribution in [0.15, 0.2) is 0 Å². The molecule has 2 N–H and O–H groups in total. The fourth-order valence-corrected chi connectivity index (χ4v) is 2.68. The van der Waals surface area contributed by atoms with Gasteiger partial charge in [-0.1, -0.05) is 20.8 Å². The summed E-state index contributed by atoms with van der Waals surface area (Å²) in [6.07, 6.45) is 0. The maximum Gasteiger partial charge on any atom is 0.324 e. The van der Waals surface area contributed by atoms with Crippen molar-refractivity contribution in [3.63, 3.8) is 0 Å². The zero-order valence-corrected chi connectivity index (χ0v) is 12.8. The first-order valence-electron chi connectivity index (χ1n) is 7.30. The highest BCUT2D eigenvalue weighted by molar-refractivity contribution is 5.78. The van der Waals surface area contributed by atoms with Gasteiger partial charge in [0.05, 0.1) is 0 Å². The third-order valence-corrected chi connectivity index (χ3v) is 3.67. The first kappa shape index (κ1) is 16.4. The molecule has 19 heavy (non-hydrogen) atoms. The quantitative estimate of drug-likeness (QED) is 0.714. The van der Waals surface area contributed by atoms with Crippen molar-refractivity contribution < 1.29 is 9.90 Å². The number of carboxylic acid groups (broad SMARTS) is 1. The highest BCUT2D eigenvalue weighted by Crippen LogP contribution is 2.11. The minimum atomic E-state index is -0.838. The monoisotopic (exact) mass is 271 g/mol. The molecule has 1 unspecified atom stereocenters. The number of carbonyl (C=O) groups is 1. The molecule has 1 aliphatic heterocycles. The lowest BCUT2D eigenvalue weighted by atomic mass is 10.0. The van der Waals surface area contributed by atoms with E-state index in [0.29, 0.717) is 19.0 Å². The standard InChI is InChI=1S/C14H29N3O2/c1-5-15-14(4,13(18)19)11-17-8-6-16(7-9-17)10-12(2)3/h12,15H,5-11H2,1-4H3,(H,18,19). The van der Waals surface area contributed by atoms with Gasteiger partial charge in [-0.3, -0.25) is 9.69 Å². The van der Waals surface area contributed by atoms with Gasteiger partial charge in [0, 0.05) is 39.3 Å². The highest BCUT2D eigenvalue weighted by atomic mass is 16.4. The second-order valence-corrected chi connectivity index (χ2v) is 6.14. The van der Waals surface area contributed by atoms with Crippen molar-refractivity contribution in [1.29, 1.82) is 0 Å². The van der Waals surface area contributed by atoms with Gasteiger partial charge in [-0.05, 0) is 19.4 Å². The highest BCUT2D eigenvalue weighted by Gasteiger charge is 2.35. The van der Waals surface area contributed by atoms with E-state index in [-0.39, 0.29) is 0 Å². The van der Waals surface area contributed by atoms with E-state index >= 15 is 0 Å². The Hall–Kier alpha value is -0.650. The van der Waals surface area contributed by atoms with Crippen LogP contribution in [0.25, 0.3) is 0 Å². The van der Waals surface area contributed by atoms with Crippen molar-refractivity contribution >= 4 is 5.97 Å². The fourth-order valence-electron chi connectivity index (χ4n) is 2.68. The first-order valence-corrected chi connectivity index (χ1v) is 7.30. The molecule has 1 saturated heterocycles. The number of rotatable bonds is 7. The van der Waals surface area contributed by atoms with Crippen LogP contribution < -0.4 is 5.32 Å². The third kappa shape index (κ3) is 5.09. The number of hydrogen-bond donors (Lipinski definition) is 2.